The van der Waals surface area contributed by atoms with E-state index in [2.05, 4.69) is 14.9 Å². The van der Waals surface area contributed by atoms with E-state index in [4.69, 9.17) is 4.52 Å². The lowest BCUT2D eigenvalue weighted by molar-refractivity contribution is 0.0600. The van der Waals surface area contributed by atoms with Crippen LogP contribution < -0.4 is 0 Å². The smallest absolute Gasteiger partial charge is 0.339 e. The van der Waals surface area contributed by atoms with Crippen LogP contribution in [0.4, 0.5) is 0 Å². The third kappa shape index (κ3) is 1.24. The molecule has 66 valence electrons. The van der Waals surface area contributed by atoms with Gasteiger partial charge in [-0.25, -0.2) is 9.78 Å². The van der Waals surface area contributed by atoms with E-state index < -0.39 is 5.97 Å². The molecule has 0 aliphatic rings. The van der Waals surface area contributed by atoms with E-state index in [0.717, 1.165) is 0 Å². The highest BCUT2D eigenvalue weighted by Crippen LogP contribution is 2.12. The first-order chi connectivity index (χ1) is 6.31. The largest absolute Gasteiger partial charge is 0.465 e. The van der Waals surface area contributed by atoms with Crippen LogP contribution in [0.2, 0.25) is 0 Å². The number of esters is 1. The van der Waals surface area contributed by atoms with Gasteiger partial charge in [-0.05, 0) is 6.07 Å². The van der Waals surface area contributed by atoms with Crippen LogP contribution in [0, 0.1) is 0 Å². The molecule has 0 amide bonds. The normalized spacial score (nSPS) is 10.2. The Bertz CT molecular complexity index is 449. The van der Waals surface area contributed by atoms with Gasteiger partial charge in [-0.2, -0.15) is 0 Å². The second-order valence-electron chi connectivity index (χ2n) is 2.44. The molecular weight excluding hydrogens is 172 g/mol. The van der Waals surface area contributed by atoms with E-state index in [-0.39, 0.29) is 0 Å². The van der Waals surface area contributed by atoms with Gasteiger partial charge in [0.2, 0.25) is 0 Å². The van der Waals surface area contributed by atoms with Gasteiger partial charge >= 0.3 is 5.97 Å². The highest BCUT2D eigenvalue weighted by atomic mass is 16.5. The van der Waals surface area contributed by atoms with Crippen LogP contribution >= 0.6 is 0 Å². The van der Waals surface area contributed by atoms with Crippen molar-refractivity contribution in [3.8, 4) is 0 Å². The van der Waals surface area contributed by atoms with Crippen molar-refractivity contribution in [1.82, 2.24) is 10.1 Å². The van der Waals surface area contributed by atoms with Crippen LogP contribution in [0.15, 0.2) is 23.0 Å². The van der Waals surface area contributed by atoms with Gasteiger partial charge < -0.3 is 9.26 Å². The lowest BCUT2D eigenvalue weighted by Gasteiger charge is -1.96. The number of methoxy groups -OCH3 is 1. The Labute approximate surface area is 73.3 Å². The van der Waals surface area contributed by atoms with Crippen molar-refractivity contribution in [1.29, 1.82) is 0 Å². The molecule has 13 heavy (non-hydrogen) atoms. The molecular formula is C8H6N2O3. The third-order valence-corrected chi connectivity index (χ3v) is 1.63. The Morgan fingerprint density at radius 2 is 2.38 bits per heavy atom. The Balaban J connectivity index is 2.54. The quantitative estimate of drug-likeness (QED) is 0.609. The van der Waals surface area contributed by atoms with E-state index in [9.17, 15) is 4.79 Å². The number of carbonyl (C=O) groups excluding carboxylic acids is 1. The monoisotopic (exact) mass is 178 g/mol. The molecule has 0 saturated heterocycles. The van der Waals surface area contributed by atoms with Crippen LogP contribution in [-0.2, 0) is 4.74 Å². The molecule has 0 aromatic carbocycles. The van der Waals surface area contributed by atoms with Crippen molar-refractivity contribution < 1.29 is 14.1 Å². The molecule has 0 unspecified atom stereocenters. The zero-order chi connectivity index (χ0) is 9.26. The molecule has 5 nitrogen and oxygen atoms in total. The van der Waals surface area contributed by atoms with Crippen LogP contribution in [0.5, 0.6) is 0 Å². The first-order valence-electron chi connectivity index (χ1n) is 3.60. The Morgan fingerprint density at radius 3 is 3.15 bits per heavy atom. The summed E-state index contributed by atoms with van der Waals surface area (Å²) in [5.41, 5.74) is 0.797. The molecule has 0 bridgehead atoms. The molecule has 0 saturated carbocycles. The highest BCUT2D eigenvalue weighted by Gasteiger charge is 2.08. The zero-order valence-electron chi connectivity index (χ0n) is 6.85. The Hall–Kier alpha value is -1.91. The molecule has 2 aromatic rings. The fraction of sp³-hybridized carbons (Fsp3) is 0.125. The van der Waals surface area contributed by atoms with Gasteiger partial charge in [0.25, 0.3) is 5.71 Å². The standard InChI is InChI=1S/C8H6N2O3/c1-12-8(11)6-2-5-4-10-13-7(5)9-3-6/h2-4H,1H3. The number of carbonyl (C=O) groups is 1. The average Bonchev–Trinajstić information content (AvgIpc) is 2.63. The third-order valence-electron chi connectivity index (χ3n) is 1.63. The van der Waals surface area contributed by atoms with Crippen molar-refractivity contribution in [2.45, 2.75) is 0 Å². The summed E-state index contributed by atoms with van der Waals surface area (Å²) >= 11 is 0. The van der Waals surface area contributed by atoms with E-state index in [0.29, 0.717) is 16.7 Å². The minimum atomic E-state index is -0.421. The van der Waals surface area contributed by atoms with E-state index in [1.807, 2.05) is 0 Å². The number of aromatic nitrogens is 2. The van der Waals surface area contributed by atoms with E-state index >= 15 is 0 Å². The van der Waals surface area contributed by atoms with Crippen LogP contribution in [0.25, 0.3) is 11.1 Å². The van der Waals surface area contributed by atoms with Gasteiger partial charge in [0.1, 0.15) is 0 Å². The van der Waals surface area contributed by atoms with Crippen molar-refractivity contribution in [2.24, 2.45) is 0 Å². The van der Waals surface area contributed by atoms with Crippen LogP contribution in [0.3, 0.4) is 0 Å². The number of hydrogen-bond acceptors (Lipinski definition) is 5. The zero-order valence-corrected chi connectivity index (χ0v) is 6.85. The van der Waals surface area contributed by atoms with Gasteiger partial charge in [0.15, 0.2) is 0 Å². The Morgan fingerprint density at radius 1 is 1.54 bits per heavy atom. The predicted molar refractivity (Wildman–Crippen MR) is 43.1 cm³/mol. The summed E-state index contributed by atoms with van der Waals surface area (Å²) in [7, 11) is 1.32. The molecule has 0 radical (unpaired) electrons. The van der Waals surface area contributed by atoms with Crippen molar-refractivity contribution >= 4 is 17.1 Å². The summed E-state index contributed by atoms with van der Waals surface area (Å²) in [5.74, 6) is -0.421. The number of hydrogen-bond donors (Lipinski definition) is 0. The SMILES string of the molecule is COC(=O)c1cnc2oncc2c1. The van der Waals surface area contributed by atoms with Gasteiger partial charge in [0.05, 0.1) is 24.3 Å². The highest BCUT2D eigenvalue weighted by molar-refractivity contribution is 5.92. The molecule has 2 aromatic heterocycles. The second kappa shape index (κ2) is 2.85. The van der Waals surface area contributed by atoms with E-state index in [1.165, 1.54) is 19.5 Å². The van der Waals surface area contributed by atoms with Crippen molar-refractivity contribution in [2.75, 3.05) is 7.11 Å². The lowest BCUT2D eigenvalue weighted by Crippen LogP contribution is -2.00. The minimum Gasteiger partial charge on any atom is -0.465 e. The minimum absolute atomic E-state index is 0.387. The summed E-state index contributed by atoms with van der Waals surface area (Å²) in [5, 5.41) is 4.22. The van der Waals surface area contributed by atoms with E-state index in [1.54, 1.807) is 6.07 Å². The fourth-order valence-corrected chi connectivity index (χ4v) is 1.00. The molecule has 2 rings (SSSR count). The first kappa shape index (κ1) is 7.72. The maximum absolute atomic E-state index is 11.1. The number of fused-ring (bicyclic) bond motifs is 1. The number of pyridine rings is 1. The second-order valence-corrected chi connectivity index (χ2v) is 2.44. The topological polar surface area (TPSA) is 65.2 Å². The van der Waals surface area contributed by atoms with Crippen LogP contribution in [0.1, 0.15) is 10.4 Å². The van der Waals surface area contributed by atoms with Gasteiger partial charge in [0, 0.05) is 6.20 Å². The summed E-state index contributed by atoms with van der Waals surface area (Å²) in [6.07, 6.45) is 2.88. The molecule has 0 fully saturated rings. The number of nitrogens with zero attached hydrogens (tertiary/aromatic N) is 2. The molecule has 0 spiro atoms. The molecule has 0 atom stereocenters. The number of rotatable bonds is 1. The molecule has 2 heterocycles. The summed E-state index contributed by atoms with van der Waals surface area (Å²) in [6.45, 7) is 0. The summed E-state index contributed by atoms with van der Waals surface area (Å²) < 4.78 is 9.30. The van der Waals surface area contributed by atoms with Crippen molar-refractivity contribution in [3.05, 3.63) is 24.0 Å². The van der Waals surface area contributed by atoms with Gasteiger partial charge in [-0.1, -0.05) is 5.16 Å². The van der Waals surface area contributed by atoms with Crippen LogP contribution in [-0.4, -0.2) is 23.2 Å². The summed E-state index contributed by atoms with van der Waals surface area (Å²) in [4.78, 5) is 14.9. The van der Waals surface area contributed by atoms with Crippen molar-refractivity contribution in [3.63, 3.8) is 0 Å². The summed E-state index contributed by atoms with van der Waals surface area (Å²) in [6, 6.07) is 1.62. The Kier molecular flexibility index (Phi) is 1.70. The maximum Gasteiger partial charge on any atom is 0.339 e. The average molecular weight is 178 g/mol. The predicted octanol–water partition coefficient (Wildman–Crippen LogP) is 1.01. The molecule has 0 N–H and O–H groups in total. The fourth-order valence-electron chi connectivity index (χ4n) is 1.00. The number of ether oxygens (including phenoxy) is 1. The molecule has 0 aliphatic heterocycles. The first-order valence-corrected chi connectivity index (χ1v) is 3.60. The van der Waals surface area contributed by atoms with Gasteiger partial charge in [-0.3, -0.25) is 0 Å². The maximum atomic E-state index is 11.1. The molecule has 0 aliphatic carbocycles. The lowest BCUT2D eigenvalue weighted by atomic mass is 10.2. The van der Waals surface area contributed by atoms with Gasteiger partial charge in [-0.15, -0.1) is 0 Å². The molecule has 5 heteroatoms.